The molecule has 0 atom stereocenters. The van der Waals surface area contributed by atoms with Crippen molar-refractivity contribution in [2.24, 2.45) is 13.0 Å². The number of anilines is 1. The minimum Gasteiger partial charge on any atom is -0.464 e. The van der Waals surface area contributed by atoms with Crippen LogP contribution in [0.25, 0.3) is 0 Å². The largest absolute Gasteiger partial charge is 0.464 e. The summed E-state index contributed by atoms with van der Waals surface area (Å²) in [6.07, 6.45) is 1.56. The number of imidazole rings is 1. The third kappa shape index (κ3) is 1.58. The maximum atomic E-state index is 11.3. The second-order valence-corrected chi connectivity index (χ2v) is 4.00. The third-order valence-corrected chi connectivity index (χ3v) is 2.71. The molecular weight excluding hydrogens is 194 g/mol. The minimum atomic E-state index is -0.343. The topological polar surface area (TPSA) is 47.4 Å². The van der Waals surface area contributed by atoms with Gasteiger partial charge in [0.1, 0.15) is 5.69 Å². The summed E-state index contributed by atoms with van der Waals surface area (Å²) in [5.74, 6) is 1.21. The molecule has 0 bridgehead atoms. The summed E-state index contributed by atoms with van der Waals surface area (Å²) in [4.78, 5) is 17.7. The monoisotopic (exact) mass is 209 g/mol. The van der Waals surface area contributed by atoms with Crippen molar-refractivity contribution in [2.45, 2.75) is 6.92 Å². The van der Waals surface area contributed by atoms with Crippen molar-refractivity contribution in [3.05, 3.63) is 11.9 Å². The molecule has 1 saturated heterocycles. The van der Waals surface area contributed by atoms with E-state index in [0.29, 0.717) is 11.6 Å². The van der Waals surface area contributed by atoms with Crippen LogP contribution in [0.4, 0.5) is 5.95 Å². The Hall–Kier alpha value is -1.52. The van der Waals surface area contributed by atoms with Crippen molar-refractivity contribution >= 4 is 11.9 Å². The summed E-state index contributed by atoms with van der Waals surface area (Å²) in [5.41, 5.74) is 0.493. The third-order valence-electron chi connectivity index (χ3n) is 2.71. The summed E-state index contributed by atoms with van der Waals surface area (Å²) in [7, 11) is 3.21. The number of esters is 1. The zero-order valence-electron chi connectivity index (χ0n) is 9.23. The van der Waals surface area contributed by atoms with Gasteiger partial charge >= 0.3 is 5.97 Å². The predicted octanol–water partition coefficient (Wildman–Crippen LogP) is 0.663. The van der Waals surface area contributed by atoms with Crippen molar-refractivity contribution in [2.75, 3.05) is 25.1 Å². The number of rotatable bonds is 2. The highest BCUT2D eigenvalue weighted by atomic mass is 16.5. The highest BCUT2D eigenvalue weighted by Crippen LogP contribution is 2.23. The number of carbonyl (C=O) groups is 1. The molecule has 15 heavy (non-hydrogen) atoms. The first kappa shape index (κ1) is 10.0. The fraction of sp³-hybridized carbons (Fsp3) is 0.600. The first-order valence-corrected chi connectivity index (χ1v) is 4.98. The average molecular weight is 209 g/mol. The van der Waals surface area contributed by atoms with Gasteiger partial charge in [-0.15, -0.1) is 0 Å². The maximum Gasteiger partial charge on any atom is 0.356 e. The standard InChI is InChI=1S/C10H15N3O2/c1-7-5-13(6-7)10-11-4-8(12(10)2)9(14)15-3/h4,7H,5-6H2,1-3H3. The molecule has 0 spiro atoms. The van der Waals surface area contributed by atoms with Gasteiger partial charge in [-0.05, 0) is 5.92 Å². The quantitative estimate of drug-likeness (QED) is 0.671. The molecule has 2 rings (SSSR count). The number of hydrogen-bond donors (Lipinski definition) is 0. The van der Waals surface area contributed by atoms with Gasteiger partial charge in [-0.3, -0.25) is 0 Å². The fourth-order valence-corrected chi connectivity index (χ4v) is 1.85. The van der Waals surface area contributed by atoms with Crippen LogP contribution in [0.2, 0.25) is 0 Å². The number of aromatic nitrogens is 2. The van der Waals surface area contributed by atoms with Crippen LogP contribution in [0, 0.1) is 5.92 Å². The van der Waals surface area contributed by atoms with Gasteiger partial charge < -0.3 is 14.2 Å². The van der Waals surface area contributed by atoms with Gasteiger partial charge in [0, 0.05) is 20.1 Å². The van der Waals surface area contributed by atoms with E-state index in [0.717, 1.165) is 19.0 Å². The van der Waals surface area contributed by atoms with E-state index < -0.39 is 0 Å². The SMILES string of the molecule is COC(=O)c1cnc(N2CC(C)C2)n1C. The Morgan fingerprint density at radius 2 is 2.27 bits per heavy atom. The van der Waals surface area contributed by atoms with Crippen molar-refractivity contribution < 1.29 is 9.53 Å². The van der Waals surface area contributed by atoms with Gasteiger partial charge in [0.15, 0.2) is 0 Å². The first-order valence-electron chi connectivity index (χ1n) is 4.98. The van der Waals surface area contributed by atoms with E-state index in [9.17, 15) is 4.79 Å². The van der Waals surface area contributed by atoms with Gasteiger partial charge in [-0.1, -0.05) is 6.92 Å². The van der Waals surface area contributed by atoms with Crippen LogP contribution >= 0.6 is 0 Å². The van der Waals surface area contributed by atoms with Gasteiger partial charge in [-0.2, -0.15) is 0 Å². The summed E-state index contributed by atoms with van der Waals surface area (Å²) in [6, 6.07) is 0. The predicted molar refractivity (Wildman–Crippen MR) is 55.9 cm³/mol. The Labute approximate surface area is 88.7 Å². The summed E-state index contributed by atoms with van der Waals surface area (Å²) >= 11 is 0. The number of hydrogen-bond acceptors (Lipinski definition) is 4. The van der Waals surface area contributed by atoms with Gasteiger partial charge in [0.2, 0.25) is 5.95 Å². The van der Waals surface area contributed by atoms with Crippen LogP contribution in [-0.2, 0) is 11.8 Å². The molecule has 1 aromatic rings. The molecule has 1 aromatic heterocycles. The van der Waals surface area contributed by atoms with Gasteiger partial charge in [0.25, 0.3) is 0 Å². The van der Waals surface area contributed by atoms with Crippen LogP contribution in [0.1, 0.15) is 17.4 Å². The molecule has 1 aliphatic heterocycles. The van der Waals surface area contributed by atoms with Gasteiger partial charge in [-0.25, -0.2) is 9.78 Å². The molecular formula is C10H15N3O2. The lowest BCUT2D eigenvalue weighted by molar-refractivity contribution is 0.0590. The highest BCUT2D eigenvalue weighted by Gasteiger charge is 2.27. The normalized spacial score (nSPS) is 16.3. The number of nitrogens with zero attached hydrogens (tertiary/aromatic N) is 3. The summed E-state index contributed by atoms with van der Waals surface area (Å²) in [5, 5.41) is 0. The molecule has 82 valence electrons. The summed E-state index contributed by atoms with van der Waals surface area (Å²) in [6.45, 7) is 4.21. The molecule has 0 unspecified atom stereocenters. The molecule has 0 amide bonds. The van der Waals surface area contributed by atoms with Crippen LogP contribution in [-0.4, -0.2) is 35.7 Å². The minimum absolute atomic E-state index is 0.343. The zero-order valence-corrected chi connectivity index (χ0v) is 9.23. The molecule has 1 fully saturated rings. The number of methoxy groups -OCH3 is 1. The second-order valence-electron chi connectivity index (χ2n) is 4.00. The fourth-order valence-electron chi connectivity index (χ4n) is 1.85. The maximum absolute atomic E-state index is 11.3. The van der Waals surface area contributed by atoms with Crippen molar-refractivity contribution in [3.8, 4) is 0 Å². The van der Waals surface area contributed by atoms with Crippen molar-refractivity contribution in [3.63, 3.8) is 0 Å². The zero-order chi connectivity index (χ0) is 11.0. The lowest BCUT2D eigenvalue weighted by atomic mass is 10.0. The Balaban J connectivity index is 2.20. The van der Waals surface area contributed by atoms with Crippen LogP contribution in [0.5, 0.6) is 0 Å². The Bertz CT molecular complexity index is 380. The highest BCUT2D eigenvalue weighted by molar-refractivity contribution is 5.87. The molecule has 5 heteroatoms. The van der Waals surface area contributed by atoms with E-state index in [4.69, 9.17) is 0 Å². The molecule has 0 radical (unpaired) electrons. The Kier molecular flexibility index (Phi) is 2.38. The second kappa shape index (κ2) is 3.56. The molecule has 2 heterocycles. The molecule has 0 aliphatic carbocycles. The first-order chi connectivity index (χ1) is 7.13. The number of ether oxygens (including phenoxy) is 1. The van der Waals surface area contributed by atoms with Crippen molar-refractivity contribution in [1.29, 1.82) is 0 Å². The van der Waals surface area contributed by atoms with Crippen molar-refractivity contribution in [1.82, 2.24) is 9.55 Å². The lowest BCUT2D eigenvalue weighted by Gasteiger charge is -2.37. The summed E-state index contributed by atoms with van der Waals surface area (Å²) < 4.78 is 6.44. The van der Waals surface area contributed by atoms with E-state index in [1.807, 2.05) is 7.05 Å². The van der Waals surface area contributed by atoms with E-state index in [1.54, 1.807) is 10.8 Å². The van der Waals surface area contributed by atoms with E-state index in [2.05, 4.69) is 21.5 Å². The van der Waals surface area contributed by atoms with E-state index in [1.165, 1.54) is 7.11 Å². The smallest absolute Gasteiger partial charge is 0.356 e. The average Bonchev–Trinajstić information content (AvgIpc) is 2.54. The molecule has 5 nitrogen and oxygen atoms in total. The Morgan fingerprint density at radius 1 is 1.60 bits per heavy atom. The molecule has 1 aliphatic rings. The van der Waals surface area contributed by atoms with Crippen LogP contribution < -0.4 is 4.90 Å². The molecule has 0 N–H and O–H groups in total. The van der Waals surface area contributed by atoms with E-state index >= 15 is 0 Å². The molecule has 0 saturated carbocycles. The van der Waals surface area contributed by atoms with Gasteiger partial charge in [0.05, 0.1) is 13.3 Å². The van der Waals surface area contributed by atoms with Crippen LogP contribution in [0.3, 0.4) is 0 Å². The van der Waals surface area contributed by atoms with E-state index in [-0.39, 0.29) is 5.97 Å². The number of carbonyl (C=O) groups excluding carboxylic acids is 1. The lowest BCUT2D eigenvalue weighted by Crippen LogP contribution is -2.46. The molecule has 0 aromatic carbocycles. The Morgan fingerprint density at radius 3 is 2.80 bits per heavy atom. The van der Waals surface area contributed by atoms with Crippen LogP contribution in [0.15, 0.2) is 6.20 Å².